The second-order valence-corrected chi connectivity index (χ2v) is 6.82. The van der Waals surface area contributed by atoms with Crippen LogP contribution in [0.1, 0.15) is 12.8 Å². The van der Waals surface area contributed by atoms with Gasteiger partial charge in [0.05, 0.1) is 30.1 Å². The van der Waals surface area contributed by atoms with Gasteiger partial charge >= 0.3 is 0 Å². The van der Waals surface area contributed by atoms with Crippen LogP contribution in [-0.2, 0) is 9.53 Å². The van der Waals surface area contributed by atoms with Gasteiger partial charge in [0.15, 0.2) is 11.5 Å². The van der Waals surface area contributed by atoms with Gasteiger partial charge in [0.25, 0.3) is 0 Å². The van der Waals surface area contributed by atoms with Gasteiger partial charge in [0.1, 0.15) is 18.2 Å². The molecular formula is C20H23N5O4. The van der Waals surface area contributed by atoms with E-state index in [0.29, 0.717) is 78.8 Å². The van der Waals surface area contributed by atoms with Crippen molar-refractivity contribution < 1.29 is 19.0 Å². The summed E-state index contributed by atoms with van der Waals surface area (Å²) in [6.07, 6.45) is 2.66. The van der Waals surface area contributed by atoms with Gasteiger partial charge in [-0.05, 0) is 6.07 Å². The van der Waals surface area contributed by atoms with Crippen LogP contribution in [0.5, 0.6) is 11.5 Å². The smallest absolute Gasteiger partial charge is 0.227 e. The monoisotopic (exact) mass is 397 g/mol. The van der Waals surface area contributed by atoms with Crippen LogP contribution in [0.3, 0.4) is 0 Å². The van der Waals surface area contributed by atoms with Gasteiger partial charge in [-0.2, -0.15) is 4.98 Å². The number of methoxy groups -OCH3 is 2. The minimum atomic E-state index is 0.260. The largest absolute Gasteiger partial charge is 0.493 e. The highest BCUT2D eigenvalue weighted by atomic mass is 16.5. The molecule has 1 aromatic carbocycles. The average molecular weight is 397 g/mol. The van der Waals surface area contributed by atoms with Gasteiger partial charge in [0.2, 0.25) is 5.95 Å². The van der Waals surface area contributed by atoms with E-state index >= 15 is 0 Å². The molecule has 2 N–H and O–H groups in total. The molecule has 9 nitrogen and oxygen atoms in total. The van der Waals surface area contributed by atoms with Gasteiger partial charge < -0.3 is 24.8 Å². The van der Waals surface area contributed by atoms with Crippen molar-refractivity contribution in [2.75, 3.05) is 51.2 Å². The van der Waals surface area contributed by atoms with Crippen molar-refractivity contribution in [3.05, 3.63) is 18.3 Å². The van der Waals surface area contributed by atoms with E-state index in [0.717, 1.165) is 5.39 Å². The Labute approximate surface area is 167 Å². The van der Waals surface area contributed by atoms with E-state index in [4.69, 9.17) is 24.9 Å². The first-order chi connectivity index (χ1) is 14.1. The summed E-state index contributed by atoms with van der Waals surface area (Å²) in [7, 11) is 3.21. The lowest BCUT2D eigenvalue weighted by Gasteiger charge is -2.26. The second-order valence-electron chi connectivity index (χ2n) is 6.82. The SMILES string of the molecule is COCCOc1cc2ncc3c(N)nc(N4CCC(=O)CC4)nc3c2cc1OC. The Morgan fingerprint density at radius 2 is 1.86 bits per heavy atom. The maximum Gasteiger partial charge on any atom is 0.227 e. The van der Waals surface area contributed by atoms with E-state index in [2.05, 4.69) is 9.97 Å². The number of pyridine rings is 1. The first-order valence-corrected chi connectivity index (χ1v) is 9.43. The minimum absolute atomic E-state index is 0.260. The molecule has 152 valence electrons. The highest BCUT2D eigenvalue weighted by Crippen LogP contribution is 2.35. The van der Waals surface area contributed by atoms with Crippen LogP contribution in [0.2, 0.25) is 0 Å². The molecule has 9 heteroatoms. The van der Waals surface area contributed by atoms with E-state index in [-0.39, 0.29) is 5.78 Å². The number of carbonyl (C=O) groups is 1. The molecule has 3 aromatic rings. The topological polar surface area (TPSA) is 113 Å². The van der Waals surface area contributed by atoms with Crippen LogP contribution in [-0.4, -0.2) is 61.3 Å². The molecule has 1 fully saturated rings. The number of fused-ring (bicyclic) bond motifs is 3. The maximum atomic E-state index is 11.6. The summed E-state index contributed by atoms with van der Waals surface area (Å²) in [5, 5.41) is 1.46. The second kappa shape index (κ2) is 8.04. The highest BCUT2D eigenvalue weighted by molar-refractivity contribution is 6.07. The molecule has 0 unspecified atom stereocenters. The number of nitrogens with zero attached hydrogens (tertiary/aromatic N) is 4. The van der Waals surface area contributed by atoms with Gasteiger partial charge in [-0.3, -0.25) is 9.78 Å². The molecule has 0 amide bonds. The van der Waals surface area contributed by atoms with Gasteiger partial charge in [0, 0.05) is 50.7 Å². The number of carbonyl (C=O) groups excluding carboxylic acids is 1. The first-order valence-electron chi connectivity index (χ1n) is 9.43. The van der Waals surface area contributed by atoms with Crippen molar-refractivity contribution >= 4 is 39.4 Å². The van der Waals surface area contributed by atoms with Crippen molar-refractivity contribution in [1.82, 2.24) is 15.0 Å². The molecule has 3 heterocycles. The van der Waals surface area contributed by atoms with Gasteiger partial charge in [-0.15, -0.1) is 0 Å². The number of Topliss-reactive ketones (excluding diaryl/α,β-unsaturated/α-hetero) is 1. The summed E-state index contributed by atoms with van der Waals surface area (Å²) in [4.78, 5) is 27.2. The number of ketones is 1. The Kier molecular flexibility index (Phi) is 5.30. The molecule has 29 heavy (non-hydrogen) atoms. The van der Waals surface area contributed by atoms with Gasteiger partial charge in [-0.25, -0.2) is 4.98 Å². The molecule has 0 atom stereocenters. The summed E-state index contributed by atoms with van der Waals surface area (Å²) in [6, 6.07) is 3.67. The minimum Gasteiger partial charge on any atom is -0.493 e. The Balaban J connectivity index is 1.81. The third-order valence-electron chi connectivity index (χ3n) is 4.98. The van der Waals surface area contributed by atoms with Crippen molar-refractivity contribution in [3.8, 4) is 11.5 Å². The van der Waals surface area contributed by atoms with Crippen molar-refractivity contribution in [1.29, 1.82) is 0 Å². The molecule has 0 saturated carbocycles. The number of hydrogen-bond donors (Lipinski definition) is 1. The summed E-state index contributed by atoms with van der Waals surface area (Å²) >= 11 is 0. The molecule has 2 aromatic heterocycles. The fourth-order valence-corrected chi connectivity index (χ4v) is 3.39. The number of rotatable bonds is 6. The summed E-state index contributed by atoms with van der Waals surface area (Å²) in [5.74, 6) is 2.30. The Morgan fingerprint density at radius 3 is 2.59 bits per heavy atom. The molecular weight excluding hydrogens is 374 g/mol. The quantitative estimate of drug-likeness (QED) is 0.492. The van der Waals surface area contributed by atoms with E-state index < -0.39 is 0 Å². The molecule has 4 rings (SSSR count). The van der Waals surface area contributed by atoms with Crippen LogP contribution in [0, 0.1) is 0 Å². The van der Waals surface area contributed by atoms with Crippen molar-refractivity contribution in [3.63, 3.8) is 0 Å². The number of piperidine rings is 1. The number of nitrogens with two attached hydrogens (primary N) is 1. The van der Waals surface area contributed by atoms with Crippen LogP contribution in [0.25, 0.3) is 21.8 Å². The predicted molar refractivity (Wildman–Crippen MR) is 110 cm³/mol. The van der Waals surface area contributed by atoms with Crippen LogP contribution >= 0.6 is 0 Å². The number of nitrogen functional groups attached to an aromatic ring is 1. The van der Waals surface area contributed by atoms with Crippen LogP contribution in [0.4, 0.5) is 11.8 Å². The van der Waals surface area contributed by atoms with E-state index in [1.165, 1.54) is 0 Å². The van der Waals surface area contributed by atoms with Crippen LogP contribution < -0.4 is 20.1 Å². The molecule has 0 aliphatic carbocycles. The van der Waals surface area contributed by atoms with E-state index in [1.807, 2.05) is 17.0 Å². The number of anilines is 2. The van der Waals surface area contributed by atoms with Crippen LogP contribution in [0.15, 0.2) is 18.3 Å². The van der Waals surface area contributed by atoms with Crippen molar-refractivity contribution in [2.45, 2.75) is 12.8 Å². The highest BCUT2D eigenvalue weighted by Gasteiger charge is 2.21. The molecule has 1 saturated heterocycles. The zero-order chi connectivity index (χ0) is 20.4. The molecule has 0 radical (unpaired) electrons. The number of aromatic nitrogens is 3. The predicted octanol–water partition coefficient (Wildman–Crippen LogP) is 1.96. The average Bonchev–Trinajstić information content (AvgIpc) is 2.73. The van der Waals surface area contributed by atoms with Crippen molar-refractivity contribution in [2.24, 2.45) is 0 Å². The zero-order valence-corrected chi connectivity index (χ0v) is 16.5. The van der Waals surface area contributed by atoms with Gasteiger partial charge in [-0.1, -0.05) is 0 Å². The molecule has 0 bridgehead atoms. The summed E-state index contributed by atoms with van der Waals surface area (Å²) < 4.78 is 16.3. The fourth-order valence-electron chi connectivity index (χ4n) is 3.39. The number of ether oxygens (including phenoxy) is 3. The third-order valence-corrected chi connectivity index (χ3v) is 4.98. The Bertz CT molecular complexity index is 1060. The maximum absolute atomic E-state index is 11.6. The first kappa shape index (κ1) is 19.1. The molecule has 1 aliphatic heterocycles. The Morgan fingerprint density at radius 1 is 1.07 bits per heavy atom. The lowest BCUT2D eigenvalue weighted by atomic mass is 10.1. The third kappa shape index (κ3) is 3.73. The standard InChI is InChI=1S/C20H23N5O4/c1-27-7-8-29-17-10-15-13(9-16(17)28-2)18-14(11-22-15)19(21)24-20(23-18)25-5-3-12(26)4-6-25/h9-11H,3-8H2,1-2H3,(H2,21,23,24). The summed E-state index contributed by atoms with van der Waals surface area (Å²) in [6.45, 7) is 2.05. The normalized spacial score (nSPS) is 14.6. The Hall–Kier alpha value is -3.20. The lowest BCUT2D eigenvalue weighted by Crippen LogP contribution is -2.35. The summed E-state index contributed by atoms with van der Waals surface area (Å²) in [5.41, 5.74) is 7.61. The fraction of sp³-hybridized carbons (Fsp3) is 0.400. The number of benzene rings is 1. The lowest BCUT2D eigenvalue weighted by molar-refractivity contribution is -0.119. The number of hydrogen-bond acceptors (Lipinski definition) is 9. The zero-order valence-electron chi connectivity index (χ0n) is 16.5. The molecule has 0 spiro atoms. The van der Waals surface area contributed by atoms with E-state index in [9.17, 15) is 4.79 Å². The molecule has 1 aliphatic rings. The van der Waals surface area contributed by atoms with E-state index in [1.54, 1.807) is 20.4 Å².